The molecule has 0 aliphatic heterocycles. The molecule has 0 amide bonds. The summed E-state index contributed by atoms with van der Waals surface area (Å²) in [6.45, 7) is 9.66. The van der Waals surface area contributed by atoms with Crippen molar-refractivity contribution in [2.24, 2.45) is 0 Å². The topological polar surface area (TPSA) is 29.5 Å². The molecule has 1 unspecified atom stereocenters. The van der Waals surface area contributed by atoms with E-state index in [2.05, 4.69) is 4.90 Å². The summed E-state index contributed by atoms with van der Waals surface area (Å²) in [5.41, 5.74) is 0.234. The number of carbonyl (C=O) groups excluding carboxylic acids is 1. The summed E-state index contributed by atoms with van der Waals surface area (Å²) in [7, 11) is 0. The predicted molar refractivity (Wildman–Crippen MR) is 82.9 cm³/mol. The van der Waals surface area contributed by atoms with Crippen LogP contribution >= 0.6 is 11.6 Å². The predicted octanol–water partition coefficient (Wildman–Crippen LogP) is 3.99. The SMILES string of the molecule is CCOC(=O)CC(C)(c1ccc(F)c(Cl)c1)N(CC)CC. The van der Waals surface area contributed by atoms with Gasteiger partial charge in [0.15, 0.2) is 0 Å². The monoisotopic (exact) mass is 315 g/mol. The molecule has 0 saturated carbocycles. The molecule has 1 rings (SSSR count). The zero-order valence-electron chi connectivity index (χ0n) is 13.1. The zero-order chi connectivity index (χ0) is 16.0. The molecule has 0 bridgehead atoms. The van der Waals surface area contributed by atoms with Crippen LogP contribution in [0.4, 0.5) is 4.39 Å². The Hall–Kier alpha value is -1.13. The molecule has 21 heavy (non-hydrogen) atoms. The van der Waals surface area contributed by atoms with Gasteiger partial charge in [0.1, 0.15) is 5.82 Å². The number of hydrogen-bond donors (Lipinski definition) is 0. The molecule has 0 spiro atoms. The van der Waals surface area contributed by atoms with Crippen LogP contribution in [0.25, 0.3) is 0 Å². The number of nitrogens with zero attached hydrogens (tertiary/aromatic N) is 1. The van der Waals surface area contributed by atoms with E-state index in [1.165, 1.54) is 6.07 Å². The standard InChI is InChI=1S/C16H23ClFNO2/c1-5-19(6-2)16(4,11-15(20)21-7-3)12-8-9-14(18)13(17)10-12/h8-10H,5-7,11H2,1-4H3. The Morgan fingerprint density at radius 2 is 1.95 bits per heavy atom. The summed E-state index contributed by atoms with van der Waals surface area (Å²) in [6, 6.07) is 4.61. The minimum atomic E-state index is -0.576. The third-order valence-electron chi connectivity index (χ3n) is 3.80. The zero-order valence-corrected chi connectivity index (χ0v) is 13.8. The average molecular weight is 316 g/mol. The van der Waals surface area contributed by atoms with Gasteiger partial charge in [0.2, 0.25) is 0 Å². The van der Waals surface area contributed by atoms with Gasteiger partial charge in [-0.25, -0.2) is 4.39 Å². The summed E-state index contributed by atoms with van der Waals surface area (Å²) < 4.78 is 18.5. The van der Waals surface area contributed by atoms with Gasteiger partial charge in [-0.1, -0.05) is 31.5 Å². The molecule has 0 N–H and O–H groups in total. The first-order chi connectivity index (χ1) is 9.88. The van der Waals surface area contributed by atoms with Gasteiger partial charge in [-0.05, 0) is 44.6 Å². The summed E-state index contributed by atoms with van der Waals surface area (Å²) in [4.78, 5) is 14.1. The lowest BCUT2D eigenvalue weighted by atomic mass is 9.86. The van der Waals surface area contributed by atoms with Crippen LogP contribution in [0.3, 0.4) is 0 Å². The molecule has 5 heteroatoms. The molecule has 0 heterocycles. The molecule has 1 aromatic rings. The van der Waals surface area contributed by atoms with Gasteiger partial charge < -0.3 is 4.74 Å². The third kappa shape index (κ3) is 4.17. The van der Waals surface area contributed by atoms with E-state index in [0.29, 0.717) is 6.61 Å². The Kier molecular flexibility index (Phi) is 6.62. The van der Waals surface area contributed by atoms with E-state index < -0.39 is 11.4 Å². The highest BCUT2D eigenvalue weighted by molar-refractivity contribution is 6.30. The Bertz CT molecular complexity index is 491. The first-order valence-corrected chi connectivity index (χ1v) is 7.63. The molecule has 1 atom stereocenters. The van der Waals surface area contributed by atoms with Crippen LogP contribution in [0.1, 0.15) is 39.7 Å². The number of esters is 1. The minimum absolute atomic E-state index is 0.0646. The Morgan fingerprint density at radius 3 is 2.43 bits per heavy atom. The van der Waals surface area contributed by atoms with Crippen molar-refractivity contribution in [2.75, 3.05) is 19.7 Å². The molecule has 0 radical (unpaired) electrons. The average Bonchev–Trinajstić information content (AvgIpc) is 2.43. The molecule has 3 nitrogen and oxygen atoms in total. The molecule has 0 saturated heterocycles. The highest BCUT2D eigenvalue weighted by Gasteiger charge is 2.35. The van der Waals surface area contributed by atoms with Crippen LogP contribution in [-0.2, 0) is 15.1 Å². The van der Waals surface area contributed by atoms with Crippen molar-refractivity contribution in [3.05, 3.63) is 34.6 Å². The van der Waals surface area contributed by atoms with E-state index in [9.17, 15) is 9.18 Å². The van der Waals surface area contributed by atoms with Crippen molar-refractivity contribution in [3.63, 3.8) is 0 Å². The van der Waals surface area contributed by atoms with E-state index in [1.807, 2.05) is 20.8 Å². The van der Waals surface area contributed by atoms with Gasteiger partial charge in [-0.15, -0.1) is 0 Å². The van der Waals surface area contributed by atoms with Gasteiger partial charge in [-0.2, -0.15) is 0 Å². The van der Waals surface area contributed by atoms with Crippen LogP contribution in [0.15, 0.2) is 18.2 Å². The van der Waals surface area contributed by atoms with Crippen molar-refractivity contribution in [1.29, 1.82) is 0 Å². The number of halogens is 2. The second-order valence-corrected chi connectivity index (χ2v) is 5.46. The van der Waals surface area contributed by atoms with Crippen LogP contribution in [0.5, 0.6) is 0 Å². The summed E-state index contributed by atoms with van der Waals surface area (Å²) in [5, 5.41) is 0.0646. The van der Waals surface area contributed by atoms with Crippen LogP contribution in [0.2, 0.25) is 5.02 Å². The summed E-state index contributed by atoms with van der Waals surface area (Å²) >= 11 is 5.90. The van der Waals surface area contributed by atoms with Crippen molar-refractivity contribution in [3.8, 4) is 0 Å². The van der Waals surface area contributed by atoms with Crippen molar-refractivity contribution >= 4 is 17.6 Å². The second kappa shape index (κ2) is 7.76. The van der Waals surface area contributed by atoms with Crippen LogP contribution in [0, 0.1) is 5.82 Å². The fourth-order valence-electron chi connectivity index (χ4n) is 2.64. The molecular formula is C16H23ClFNO2. The van der Waals surface area contributed by atoms with E-state index in [4.69, 9.17) is 16.3 Å². The first kappa shape index (κ1) is 17.9. The third-order valence-corrected chi connectivity index (χ3v) is 4.09. The van der Waals surface area contributed by atoms with Gasteiger partial charge in [0.05, 0.1) is 23.6 Å². The molecule has 0 aliphatic carbocycles. The molecular weight excluding hydrogens is 293 g/mol. The fourth-order valence-corrected chi connectivity index (χ4v) is 2.82. The molecule has 0 aromatic heterocycles. The smallest absolute Gasteiger partial charge is 0.307 e. The lowest BCUT2D eigenvalue weighted by molar-refractivity contribution is -0.146. The van der Waals surface area contributed by atoms with Crippen LogP contribution in [-0.4, -0.2) is 30.6 Å². The minimum Gasteiger partial charge on any atom is -0.466 e. The highest BCUT2D eigenvalue weighted by Crippen LogP contribution is 2.34. The van der Waals surface area contributed by atoms with Crippen molar-refractivity contribution < 1.29 is 13.9 Å². The fraction of sp³-hybridized carbons (Fsp3) is 0.562. The molecule has 118 valence electrons. The summed E-state index contributed by atoms with van der Waals surface area (Å²) in [5.74, 6) is -0.731. The number of rotatable bonds is 7. The van der Waals surface area contributed by atoms with Gasteiger partial charge in [0, 0.05) is 0 Å². The number of carbonyl (C=O) groups is 1. The Balaban J connectivity index is 3.22. The van der Waals surface area contributed by atoms with Crippen molar-refractivity contribution in [2.45, 2.75) is 39.7 Å². The van der Waals surface area contributed by atoms with E-state index in [0.717, 1.165) is 18.7 Å². The molecule has 1 aromatic carbocycles. The maximum atomic E-state index is 13.4. The van der Waals surface area contributed by atoms with Crippen molar-refractivity contribution in [1.82, 2.24) is 4.90 Å². The lowest BCUT2D eigenvalue weighted by Crippen LogP contribution is -2.45. The van der Waals surface area contributed by atoms with Gasteiger partial charge in [-0.3, -0.25) is 9.69 Å². The molecule has 0 fully saturated rings. The lowest BCUT2D eigenvalue weighted by Gasteiger charge is -2.40. The largest absolute Gasteiger partial charge is 0.466 e. The second-order valence-electron chi connectivity index (χ2n) is 5.06. The van der Waals surface area contributed by atoms with Gasteiger partial charge >= 0.3 is 5.97 Å². The number of benzene rings is 1. The maximum absolute atomic E-state index is 13.4. The van der Waals surface area contributed by atoms with E-state index in [1.54, 1.807) is 19.1 Å². The molecule has 0 aliphatic rings. The maximum Gasteiger partial charge on any atom is 0.307 e. The van der Waals surface area contributed by atoms with Gasteiger partial charge in [0.25, 0.3) is 0 Å². The highest BCUT2D eigenvalue weighted by atomic mass is 35.5. The van der Waals surface area contributed by atoms with E-state index >= 15 is 0 Å². The first-order valence-electron chi connectivity index (χ1n) is 7.25. The normalized spacial score (nSPS) is 14.0. The number of hydrogen-bond acceptors (Lipinski definition) is 3. The Labute approximate surface area is 131 Å². The van der Waals surface area contributed by atoms with E-state index in [-0.39, 0.29) is 17.4 Å². The Morgan fingerprint density at radius 1 is 1.33 bits per heavy atom. The quantitative estimate of drug-likeness (QED) is 0.713. The van der Waals surface area contributed by atoms with Crippen LogP contribution < -0.4 is 0 Å². The summed E-state index contributed by atoms with van der Waals surface area (Å²) in [6.07, 6.45) is 0.199. The number of ether oxygens (including phenoxy) is 1.